The molecule has 0 amide bonds. The molecule has 2 rings (SSSR count). The number of rotatable bonds is 2. The minimum absolute atomic E-state index is 0.0225. The first-order chi connectivity index (χ1) is 7.58. The van der Waals surface area contributed by atoms with Gasteiger partial charge in [0.25, 0.3) is 0 Å². The van der Waals surface area contributed by atoms with Crippen LogP contribution >= 0.6 is 0 Å². The molecule has 0 unspecified atom stereocenters. The van der Waals surface area contributed by atoms with E-state index in [4.69, 9.17) is 5.11 Å². The fraction of sp³-hybridized carbons (Fsp3) is 0.231. The number of carboxylic acid groups (broad SMARTS) is 1. The van der Waals surface area contributed by atoms with Gasteiger partial charge in [-0.05, 0) is 37.1 Å². The van der Waals surface area contributed by atoms with Crippen molar-refractivity contribution in [1.29, 1.82) is 0 Å². The number of nitrogens with zero attached hydrogens (tertiary/aromatic N) is 1. The molecular formula is C13H13NO2. The second-order valence-electron chi connectivity index (χ2n) is 4.02. The van der Waals surface area contributed by atoms with Crippen LogP contribution in [0.15, 0.2) is 24.4 Å². The summed E-state index contributed by atoms with van der Waals surface area (Å²) >= 11 is 0. The maximum absolute atomic E-state index is 10.8. The summed E-state index contributed by atoms with van der Waals surface area (Å²) in [7, 11) is 0. The maximum Gasteiger partial charge on any atom is 0.307 e. The molecule has 0 atom stereocenters. The monoisotopic (exact) mass is 215 g/mol. The normalized spacial score (nSPS) is 10.6. The van der Waals surface area contributed by atoms with E-state index < -0.39 is 5.97 Å². The van der Waals surface area contributed by atoms with Gasteiger partial charge in [-0.3, -0.25) is 9.78 Å². The van der Waals surface area contributed by atoms with Crippen LogP contribution in [-0.2, 0) is 11.2 Å². The van der Waals surface area contributed by atoms with Crippen LogP contribution in [0.5, 0.6) is 0 Å². The molecule has 0 aliphatic carbocycles. The summed E-state index contributed by atoms with van der Waals surface area (Å²) in [4.78, 5) is 15.1. The Morgan fingerprint density at radius 3 is 2.81 bits per heavy atom. The summed E-state index contributed by atoms with van der Waals surface area (Å²) in [5, 5.41) is 9.90. The van der Waals surface area contributed by atoms with E-state index in [-0.39, 0.29) is 6.42 Å². The zero-order valence-corrected chi connectivity index (χ0v) is 9.32. The number of carbonyl (C=O) groups is 1. The second kappa shape index (κ2) is 3.93. The fourth-order valence-corrected chi connectivity index (χ4v) is 1.92. The zero-order chi connectivity index (χ0) is 11.7. The van der Waals surface area contributed by atoms with Gasteiger partial charge in [-0.15, -0.1) is 0 Å². The van der Waals surface area contributed by atoms with E-state index in [9.17, 15) is 4.79 Å². The van der Waals surface area contributed by atoms with Crippen LogP contribution in [0.2, 0.25) is 0 Å². The third-order valence-corrected chi connectivity index (χ3v) is 2.63. The highest BCUT2D eigenvalue weighted by molar-refractivity contribution is 5.88. The van der Waals surface area contributed by atoms with Gasteiger partial charge in [0, 0.05) is 11.6 Å². The highest BCUT2D eigenvalue weighted by Gasteiger charge is 2.08. The first kappa shape index (κ1) is 10.6. The SMILES string of the molecule is Cc1cc(CC(=O)O)c2nccc(C)c2c1. The summed E-state index contributed by atoms with van der Waals surface area (Å²) in [6, 6.07) is 5.87. The summed E-state index contributed by atoms with van der Waals surface area (Å²) < 4.78 is 0. The van der Waals surface area contributed by atoms with E-state index in [0.29, 0.717) is 0 Å². The second-order valence-corrected chi connectivity index (χ2v) is 4.02. The van der Waals surface area contributed by atoms with Gasteiger partial charge >= 0.3 is 5.97 Å². The van der Waals surface area contributed by atoms with E-state index in [1.54, 1.807) is 6.20 Å². The molecule has 2 aromatic rings. The minimum Gasteiger partial charge on any atom is -0.481 e. The molecular weight excluding hydrogens is 202 g/mol. The fourth-order valence-electron chi connectivity index (χ4n) is 1.92. The smallest absolute Gasteiger partial charge is 0.307 e. The molecule has 3 nitrogen and oxygen atoms in total. The number of hydrogen-bond acceptors (Lipinski definition) is 2. The van der Waals surface area contributed by atoms with Crippen molar-refractivity contribution in [2.45, 2.75) is 20.3 Å². The van der Waals surface area contributed by atoms with Gasteiger partial charge in [0.05, 0.1) is 11.9 Å². The van der Waals surface area contributed by atoms with Crippen molar-refractivity contribution in [3.8, 4) is 0 Å². The number of aromatic nitrogens is 1. The molecule has 82 valence electrons. The Bertz CT molecular complexity index is 561. The van der Waals surface area contributed by atoms with Crippen molar-refractivity contribution in [1.82, 2.24) is 4.98 Å². The van der Waals surface area contributed by atoms with E-state index >= 15 is 0 Å². The van der Waals surface area contributed by atoms with E-state index in [1.165, 1.54) is 0 Å². The predicted molar refractivity (Wildman–Crippen MR) is 62.6 cm³/mol. The lowest BCUT2D eigenvalue weighted by Gasteiger charge is -2.07. The van der Waals surface area contributed by atoms with Crippen molar-refractivity contribution >= 4 is 16.9 Å². The lowest BCUT2D eigenvalue weighted by atomic mass is 10.0. The molecule has 16 heavy (non-hydrogen) atoms. The number of fused-ring (bicyclic) bond motifs is 1. The summed E-state index contributed by atoms with van der Waals surface area (Å²) in [6.45, 7) is 3.98. The Hall–Kier alpha value is -1.90. The van der Waals surface area contributed by atoms with Gasteiger partial charge in [0.2, 0.25) is 0 Å². The number of benzene rings is 1. The van der Waals surface area contributed by atoms with Gasteiger partial charge in [0.15, 0.2) is 0 Å². The summed E-state index contributed by atoms with van der Waals surface area (Å²) in [6.07, 6.45) is 1.74. The Kier molecular flexibility index (Phi) is 2.60. The molecule has 0 aliphatic heterocycles. The first-order valence-electron chi connectivity index (χ1n) is 5.14. The number of hydrogen-bond donors (Lipinski definition) is 1. The van der Waals surface area contributed by atoms with E-state index in [0.717, 1.165) is 27.6 Å². The van der Waals surface area contributed by atoms with Crippen LogP contribution < -0.4 is 0 Å². The molecule has 1 aromatic carbocycles. The van der Waals surface area contributed by atoms with Crippen LogP contribution in [0, 0.1) is 13.8 Å². The average molecular weight is 215 g/mol. The molecule has 0 saturated carbocycles. The van der Waals surface area contributed by atoms with E-state index in [1.807, 2.05) is 32.0 Å². The topological polar surface area (TPSA) is 50.2 Å². The van der Waals surface area contributed by atoms with Gasteiger partial charge < -0.3 is 5.11 Å². The highest BCUT2D eigenvalue weighted by Crippen LogP contribution is 2.22. The van der Waals surface area contributed by atoms with Crippen molar-refractivity contribution in [2.24, 2.45) is 0 Å². The molecule has 0 spiro atoms. The molecule has 0 fully saturated rings. The van der Waals surface area contributed by atoms with Gasteiger partial charge in [0.1, 0.15) is 0 Å². The molecule has 0 radical (unpaired) electrons. The minimum atomic E-state index is -0.824. The molecule has 3 heteroatoms. The van der Waals surface area contributed by atoms with Gasteiger partial charge in [-0.25, -0.2) is 0 Å². The zero-order valence-electron chi connectivity index (χ0n) is 9.32. The number of aliphatic carboxylic acids is 1. The Labute approximate surface area is 93.7 Å². The Balaban J connectivity index is 2.72. The maximum atomic E-state index is 10.8. The van der Waals surface area contributed by atoms with Crippen molar-refractivity contribution in [2.75, 3.05) is 0 Å². The van der Waals surface area contributed by atoms with Crippen LogP contribution in [0.1, 0.15) is 16.7 Å². The average Bonchev–Trinajstić information content (AvgIpc) is 2.18. The van der Waals surface area contributed by atoms with Crippen LogP contribution in [0.3, 0.4) is 0 Å². The quantitative estimate of drug-likeness (QED) is 0.837. The molecule has 1 heterocycles. The van der Waals surface area contributed by atoms with E-state index in [2.05, 4.69) is 4.98 Å². The third kappa shape index (κ3) is 1.89. The standard InChI is InChI=1S/C13H13NO2/c1-8-5-10(7-12(15)16)13-11(6-8)9(2)3-4-14-13/h3-6H,7H2,1-2H3,(H,15,16). The molecule has 0 aliphatic rings. The van der Waals surface area contributed by atoms with Crippen LogP contribution in [-0.4, -0.2) is 16.1 Å². The molecule has 1 N–H and O–H groups in total. The summed E-state index contributed by atoms with van der Waals surface area (Å²) in [5.74, 6) is -0.824. The van der Waals surface area contributed by atoms with Crippen molar-refractivity contribution < 1.29 is 9.90 Å². The third-order valence-electron chi connectivity index (χ3n) is 2.63. The Morgan fingerprint density at radius 2 is 2.12 bits per heavy atom. The molecule has 0 saturated heterocycles. The summed E-state index contributed by atoms with van der Waals surface area (Å²) in [5.41, 5.74) is 3.78. The van der Waals surface area contributed by atoms with Crippen LogP contribution in [0.25, 0.3) is 10.9 Å². The number of aryl methyl sites for hydroxylation is 2. The van der Waals surface area contributed by atoms with Crippen molar-refractivity contribution in [3.63, 3.8) is 0 Å². The number of pyridine rings is 1. The number of carboxylic acids is 1. The lowest BCUT2D eigenvalue weighted by Crippen LogP contribution is -2.02. The Morgan fingerprint density at radius 1 is 1.38 bits per heavy atom. The first-order valence-corrected chi connectivity index (χ1v) is 5.14. The predicted octanol–water partition coefficient (Wildman–Crippen LogP) is 2.48. The lowest BCUT2D eigenvalue weighted by molar-refractivity contribution is -0.136. The molecule has 1 aromatic heterocycles. The van der Waals surface area contributed by atoms with Gasteiger partial charge in [-0.2, -0.15) is 0 Å². The molecule has 0 bridgehead atoms. The van der Waals surface area contributed by atoms with Gasteiger partial charge in [-0.1, -0.05) is 11.6 Å². The van der Waals surface area contributed by atoms with Crippen molar-refractivity contribution in [3.05, 3.63) is 41.1 Å². The highest BCUT2D eigenvalue weighted by atomic mass is 16.4. The van der Waals surface area contributed by atoms with Crippen LogP contribution in [0.4, 0.5) is 0 Å². The largest absolute Gasteiger partial charge is 0.481 e.